The number of hydrogen-bond donors (Lipinski definition) is 1. The van der Waals surface area contributed by atoms with Crippen LogP contribution in [0.25, 0.3) is 0 Å². The predicted octanol–water partition coefficient (Wildman–Crippen LogP) is 5.89. The number of carbonyl (C=O) groups is 1. The topological polar surface area (TPSA) is 56.1 Å². The number of hydrogen-bond acceptors (Lipinski definition) is 4. The number of ether oxygens (including phenoxy) is 1. The van der Waals surface area contributed by atoms with Crippen LogP contribution in [-0.2, 0) is 13.0 Å². The second kappa shape index (κ2) is 10.8. The number of ketones is 1. The van der Waals surface area contributed by atoms with Crippen molar-refractivity contribution in [3.8, 4) is 5.75 Å². The van der Waals surface area contributed by atoms with Crippen LogP contribution in [0.15, 0.2) is 91.5 Å². The number of aryl methyl sites for hydroxylation is 1. The monoisotopic (exact) mass is 459 g/mol. The summed E-state index contributed by atoms with van der Waals surface area (Å²) in [6.45, 7) is 0.668. The first-order valence-corrected chi connectivity index (χ1v) is 11.3. The van der Waals surface area contributed by atoms with Gasteiger partial charge >= 0.3 is 0 Å². The zero-order chi connectivity index (χ0) is 23.0. The van der Waals surface area contributed by atoms with Crippen LogP contribution in [0.4, 0.5) is 5.69 Å². The van der Waals surface area contributed by atoms with Gasteiger partial charge in [0.1, 0.15) is 11.9 Å². The van der Waals surface area contributed by atoms with Crippen LogP contribution >= 0.6 is 11.6 Å². The van der Waals surface area contributed by atoms with Crippen molar-refractivity contribution in [1.29, 1.82) is 0 Å². The number of nitrogens with one attached hydrogen (secondary N) is 1. The van der Waals surface area contributed by atoms with Gasteiger partial charge in [0.05, 0.1) is 18.6 Å². The number of benzene rings is 3. The Morgan fingerprint density at radius 3 is 2.55 bits per heavy atom. The summed E-state index contributed by atoms with van der Waals surface area (Å²) >= 11 is 6.02. The fourth-order valence-corrected chi connectivity index (χ4v) is 3.83. The number of imidazole rings is 1. The van der Waals surface area contributed by atoms with Gasteiger partial charge in [0.15, 0.2) is 5.78 Å². The number of halogens is 1. The lowest BCUT2D eigenvalue weighted by atomic mass is 10.0. The molecule has 168 valence electrons. The molecular weight excluding hydrogens is 434 g/mol. The predicted molar refractivity (Wildman–Crippen MR) is 132 cm³/mol. The summed E-state index contributed by atoms with van der Waals surface area (Å²) in [4.78, 5) is 17.0. The van der Waals surface area contributed by atoms with E-state index in [0.717, 1.165) is 23.6 Å². The van der Waals surface area contributed by atoms with Crippen molar-refractivity contribution < 1.29 is 9.53 Å². The molecule has 1 atom stereocenters. The molecule has 6 heteroatoms. The quantitative estimate of drug-likeness (QED) is 0.300. The molecule has 0 amide bonds. The van der Waals surface area contributed by atoms with Gasteiger partial charge in [-0.15, -0.1) is 0 Å². The van der Waals surface area contributed by atoms with Crippen LogP contribution in [0, 0.1) is 0 Å². The highest BCUT2D eigenvalue weighted by molar-refractivity contribution is 6.30. The first kappa shape index (κ1) is 22.6. The Morgan fingerprint density at radius 2 is 1.85 bits per heavy atom. The van der Waals surface area contributed by atoms with Crippen LogP contribution in [0.5, 0.6) is 5.75 Å². The summed E-state index contributed by atoms with van der Waals surface area (Å²) in [5, 5.41) is 3.91. The second-order valence-corrected chi connectivity index (χ2v) is 8.26. The average molecular weight is 460 g/mol. The third kappa shape index (κ3) is 6.02. The van der Waals surface area contributed by atoms with E-state index in [1.54, 1.807) is 12.5 Å². The SMILES string of the molecule is CNc1cc(C(=O)c2ccccc2)ccc1OC(CCc1ccc(Cl)cc1)Cn1ccnc1. The highest BCUT2D eigenvalue weighted by Gasteiger charge is 2.17. The molecule has 0 saturated carbocycles. The minimum atomic E-state index is -0.0855. The molecule has 5 nitrogen and oxygen atoms in total. The molecule has 0 spiro atoms. The Morgan fingerprint density at radius 1 is 1.06 bits per heavy atom. The molecule has 4 aromatic rings. The first-order chi connectivity index (χ1) is 16.1. The standard InChI is InChI=1S/C27H26ClN3O2/c1-29-25-17-22(27(32)21-5-3-2-4-6-21)10-14-26(25)33-24(18-31-16-15-30-19-31)13-9-20-7-11-23(28)12-8-20/h2-8,10-12,14-17,19,24,29H,9,13,18H2,1H3. The van der Waals surface area contributed by atoms with Crippen molar-refractivity contribution in [3.05, 3.63) is 113 Å². The zero-order valence-electron chi connectivity index (χ0n) is 18.4. The molecule has 0 saturated heterocycles. The van der Waals surface area contributed by atoms with Crippen molar-refractivity contribution >= 4 is 23.1 Å². The summed E-state index contributed by atoms with van der Waals surface area (Å²) in [6.07, 6.45) is 7.07. The van der Waals surface area contributed by atoms with Gasteiger partial charge < -0.3 is 14.6 Å². The zero-order valence-corrected chi connectivity index (χ0v) is 19.2. The molecule has 0 fully saturated rings. The molecule has 1 unspecified atom stereocenters. The Bertz CT molecular complexity index is 1180. The molecule has 0 aliphatic heterocycles. The summed E-state index contributed by atoms with van der Waals surface area (Å²) in [5.74, 6) is 0.694. The van der Waals surface area contributed by atoms with E-state index in [1.165, 1.54) is 5.56 Å². The number of carbonyl (C=O) groups excluding carboxylic acids is 1. The molecule has 3 aromatic carbocycles. The fourth-order valence-electron chi connectivity index (χ4n) is 3.70. The van der Waals surface area contributed by atoms with Crippen LogP contribution in [-0.4, -0.2) is 28.5 Å². The lowest BCUT2D eigenvalue weighted by Gasteiger charge is -2.22. The molecule has 0 aliphatic rings. The number of nitrogens with zero attached hydrogens (tertiary/aromatic N) is 2. The molecule has 0 radical (unpaired) electrons. The fraction of sp³-hybridized carbons (Fsp3) is 0.185. The molecule has 1 N–H and O–H groups in total. The summed E-state index contributed by atoms with van der Waals surface area (Å²) in [6, 6.07) is 22.7. The van der Waals surface area contributed by atoms with E-state index in [1.807, 2.05) is 90.6 Å². The molecule has 4 rings (SSSR count). The van der Waals surface area contributed by atoms with Crippen molar-refractivity contribution in [2.75, 3.05) is 12.4 Å². The van der Waals surface area contributed by atoms with Crippen LogP contribution < -0.4 is 10.1 Å². The van der Waals surface area contributed by atoms with Gasteiger partial charge in [0.25, 0.3) is 0 Å². The number of rotatable bonds is 10. The third-order valence-corrected chi connectivity index (χ3v) is 5.73. The van der Waals surface area contributed by atoms with Crippen molar-refractivity contribution in [1.82, 2.24) is 9.55 Å². The van der Waals surface area contributed by atoms with Crippen molar-refractivity contribution in [3.63, 3.8) is 0 Å². The molecule has 33 heavy (non-hydrogen) atoms. The average Bonchev–Trinajstić information content (AvgIpc) is 3.37. The first-order valence-electron chi connectivity index (χ1n) is 10.9. The summed E-state index contributed by atoms with van der Waals surface area (Å²) in [7, 11) is 1.83. The van der Waals surface area contributed by atoms with E-state index < -0.39 is 0 Å². The van der Waals surface area contributed by atoms with Gasteiger partial charge in [-0.1, -0.05) is 54.1 Å². The van der Waals surface area contributed by atoms with E-state index in [4.69, 9.17) is 16.3 Å². The third-order valence-electron chi connectivity index (χ3n) is 5.48. The van der Waals surface area contributed by atoms with Crippen molar-refractivity contribution in [2.45, 2.75) is 25.5 Å². The maximum atomic E-state index is 12.9. The highest BCUT2D eigenvalue weighted by atomic mass is 35.5. The van der Waals surface area contributed by atoms with Crippen LogP contribution in [0.3, 0.4) is 0 Å². The largest absolute Gasteiger partial charge is 0.486 e. The van der Waals surface area contributed by atoms with E-state index in [0.29, 0.717) is 23.4 Å². The molecule has 1 heterocycles. The minimum Gasteiger partial charge on any atom is -0.486 e. The van der Waals surface area contributed by atoms with Crippen molar-refractivity contribution in [2.24, 2.45) is 0 Å². The Labute approximate surface area is 199 Å². The Kier molecular flexibility index (Phi) is 7.43. The van der Waals surface area contributed by atoms with Gasteiger partial charge in [-0.2, -0.15) is 0 Å². The van der Waals surface area contributed by atoms with Gasteiger partial charge in [0, 0.05) is 35.6 Å². The molecule has 1 aromatic heterocycles. The molecule has 0 aliphatic carbocycles. The van der Waals surface area contributed by atoms with Gasteiger partial charge in [-0.05, 0) is 48.7 Å². The molecule has 0 bridgehead atoms. The minimum absolute atomic E-state index is 0.0173. The lowest BCUT2D eigenvalue weighted by molar-refractivity contribution is 0.103. The van der Waals surface area contributed by atoms with E-state index in [-0.39, 0.29) is 11.9 Å². The maximum Gasteiger partial charge on any atom is 0.193 e. The van der Waals surface area contributed by atoms with Gasteiger partial charge in [-0.3, -0.25) is 4.79 Å². The maximum absolute atomic E-state index is 12.9. The van der Waals surface area contributed by atoms with E-state index in [9.17, 15) is 4.79 Å². The normalized spacial score (nSPS) is 11.7. The van der Waals surface area contributed by atoms with Crippen LogP contribution in [0.1, 0.15) is 27.9 Å². The Hall–Kier alpha value is -3.57. The number of anilines is 1. The van der Waals surface area contributed by atoms with Crippen LogP contribution in [0.2, 0.25) is 5.02 Å². The summed E-state index contributed by atoms with van der Waals surface area (Å²) < 4.78 is 8.46. The lowest BCUT2D eigenvalue weighted by Crippen LogP contribution is -2.24. The second-order valence-electron chi connectivity index (χ2n) is 7.82. The number of aromatic nitrogens is 2. The smallest absolute Gasteiger partial charge is 0.193 e. The highest BCUT2D eigenvalue weighted by Crippen LogP contribution is 2.29. The molecular formula is C27H26ClN3O2. The van der Waals surface area contributed by atoms with E-state index in [2.05, 4.69) is 10.3 Å². The summed E-state index contributed by atoms with van der Waals surface area (Å²) in [5.41, 5.74) is 3.26. The van der Waals surface area contributed by atoms with Gasteiger partial charge in [0.2, 0.25) is 0 Å². The van der Waals surface area contributed by atoms with Gasteiger partial charge in [-0.25, -0.2) is 4.98 Å². The Balaban J connectivity index is 1.52. The van der Waals surface area contributed by atoms with E-state index >= 15 is 0 Å².